The Bertz CT molecular complexity index is 1570. The zero-order valence-corrected chi connectivity index (χ0v) is 27.5. The monoisotopic (exact) mass is 670 g/mol. The van der Waals surface area contributed by atoms with Crippen LogP contribution >= 0.6 is 11.8 Å². The van der Waals surface area contributed by atoms with Crippen LogP contribution in [-0.4, -0.2) is 79.3 Å². The maximum Gasteiger partial charge on any atom is 0.410 e. The van der Waals surface area contributed by atoms with E-state index in [-0.39, 0.29) is 37.5 Å². The number of aliphatic hydroxyl groups is 1. The average molecular weight is 671 g/mol. The standard InChI is InChI=1S/C32H38N4O10S/c1-18-25-24(19(2)38)28(39)35(25)26(29(40)45-16-20-8-10-21(11-9-20)36(42)43)27(18)47-32(33-14-23-7-6-12-44-23)13-22(15-37)34(17-32)30(41)46-31(3,4)5/h6-12,15,18-19,22,24-25,33,38H,13-14,16-17H2,1-5H3/t18-,19-,22+,24-,25-,32+/m1/s1. The molecule has 3 aliphatic heterocycles. The number of hydrogen-bond acceptors (Lipinski definition) is 12. The first-order valence-electron chi connectivity index (χ1n) is 15.2. The largest absolute Gasteiger partial charge is 0.468 e. The van der Waals surface area contributed by atoms with Crippen LogP contribution in [0.3, 0.4) is 0 Å². The highest BCUT2D eigenvalue weighted by Gasteiger charge is 2.61. The SMILES string of the molecule is C[C@@H](O)[C@H]1C(=O)N2C(C(=O)OCc3ccc([N+](=O)[O-])cc3)=C(S[C@@]3(NCc4ccco4)C[C@@H](C=O)N(C(=O)OC(C)(C)C)C3)[C@H](C)[C@H]12. The predicted molar refractivity (Wildman–Crippen MR) is 168 cm³/mol. The van der Waals surface area contributed by atoms with Crippen LogP contribution in [0, 0.1) is 22.0 Å². The number of likely N-dealkylation sites (tertiary alicyclic amines) is 1. The summed E-state index contributed by atoms with van der Waals surface area (Å²) in [5.41, 5.74) is -0.389. The minimum Gasteiger partial charge on any atom is -0.468 e. The Labute approximate surface area is 275 Å². The van der Waals surface area contributed by atoms with Crippen molar-refractivity contribution in [1.82, 2.24) is 15.1 Å². The number of thioether (sulfide) groups is 1. The van der Waals surface area contributed by atoms with E-state index in [2.05, 4.69) is 5.32 Å². The van der Waals surface area contributed by atoms with Crippen molar-refractivity contribution < 1.29 is 43.1 Å². The van der Waals surface area contributed by atoms with Crippen LogP contribution < -0.4 is 5.32 Å². The number of rotatable bonds is 11. The number of fused-ring (bicyclic) bond motifs is 1. The molecule has 1 aromatic heterocycles. The lowest BCUT2D eigenvalue weighted by Crippen LogP contribution is -2.63. The van der Waals surface area contributed by atoms with Gasteiger partial charge in [0.25, 0.3) is 5.69 Å². The molecule has 252 valence electrons. The summed E-state index contributed by atoms with van der Waals surface area (Å²) in [6, 6.07) is 7.71. The molecule has 0 spiro atoms. The maximum atomic E-state index is 13.8. The number of carbonyl (C=O) groups excluding carboxylic acids is 4. The molecule has 0 bridgehead atoms. The van der Waals surface area contributed by atoms with E-state index in [1.165, 1.54) is 59.0 Å². The number of nitro benzene ring substituents is 1. The summed E-state index contributed by atoms with van der Waals surface area (Å²) >= 11 is 1.24. The number of aldehydes is 1. The predicted octanol–water partition coefficient (Wildman–Crippen LogP) is 3.73. The molecule has 2 saturated heterocycles. The van der Waals surface area contributed by atoms with Gasteiger partial charge < -0.3 is 28.7 Å². The Kier molecular flexibility index (Phi) is 9.53. The maximum absolute atomic E-state index is 13.8. The van der Waals surface area contributed by atoms with Crippen molar-refractivity contribution in [3.05, 3.63) is 74.7 Å². The van der Waals surface area contributed by atoms with E-state index in [0.29, 0.717) is 22.5 Å². The van der Waals surface area contributed by atoms with E-state index >= 15 is 0 Å². The highest BCUT2D eigenvalue weighted by atomic mass is 32.2. The smallest absolute Gasteiger partial charge is 0.410 e. The first-order valence-corrected chi connectivity index (χ1v) is 16.0. The number of nitrogens with zero attached hydrogens (tertiary/aromatic N) is 3. The first kappa shape index (κ1) is 34.1. The molecule has 3 aliphatic rings. The van der Waals surface area contributed by atoms with E-state index in [0.717, 1.165) is 0 Å². The van der Waals surface area contributed by atoms with Gasteiger partial charge in [-0.05, 0) is 57.5 Å². The summed E-state index contributed by atoms with van der Waals surface area (Å²) in [5, 5.41) is 24.9. The topological polar surface area (TPSA) is 182 Å². The number of ether oxygens (including phenoxy) is 2. The van der Waals surface area contributed by atoms with Crippen molar-refractivity contribution in [2.24, 2.45) is 11.8 Å². The molecule has 1 aromatic carbocycles. The van der Waals surface area contributed by atoms with Gasteiger partial charge in [0.05, 0.1) is 53.3 Å². The fourth-order valence-corrected chi connectivity index (χ4v) is 7.86. The molecular weight excluding hydrogens is 632 g/mol. The number of nitro groups is 1. The fraction of sp³-hybridized carbons (Fsp3) is 0.500. The third-order valence-electron chi connectivity index (χ3n) is 8.44. The van der Waals surface area contributed by atoms with Crippen molar-refractivity contribution in [3.8, 4) is 0 Å². The lowest BCUT2D eigenvalue weighted by molar-refractivity contribution is -0.384. The fourth-order valence-electron chi connectivity index (χ4n) is 6.24. The molecule has 2 aromatic rings. The van der Waals surface area contributed by atoms with Crippen LogP contribution in [0.15, 0.2) is 57.7 Å². The Morgan fingerprint density at radius 3 is 2.55 bits per heavy atom. The van der Waals surface area contributed by atoms with Crippen molar-refractivity contribution in [1.29, 1.82) is 0 Å². The Hall–Kier alpha value is -4.21. The second-order valence-corrected chi connectivity index (χ2v) is 14.4. The summed E-state index contributed by atoms with van der Waals surface area (Å²) in [4.78, 5) is 65.4. The number of furan rings is 1. The molecule has 2 amide bonds. The molecule has 5 rings (SSSR count). The van der Waals surface area contributed by atoms with Crippen molar-refractivity contribution in [3.63, 3.8) is 0 Å². The molecule has 15 heteroatoms. The summed E-state index contributed by atoms with van der Waals surface area (Å²) in [7, 11) is 0. The quantitative estimate of drug-likeness (QED) is 0.0884. The number of esters is 1. The molecule has 2 N–H and O–H groups in total. The first-order chi connectivity index (χ1) is 22.1. The number of nitrogens with one attached hydrogen (secondary N) is 1. The van der Waals surface area contributed by atoms with Gasteiger partial charge in [0, 0.05) is 29.4 Å². The normalized spacial score (nSPS) is 26.1. The van der Waals surface area contributed by atoms with Crippen molar-refractivity contribution >= 4 is 41.7 Å². The van der Waals surface area contributed by atoms with Crippen molar-refractivity contribution in [2.75, 3.05) is 6.54 Å². The number of aliphatic hydroxyl groups excluding tert-OH is 1. The summed E-state index contributed by atoms with van der Waals surface area (Å²) in [5.74, 6) is -1.75. The van der Waals surface area contributed by atoms with Crippen LogP contribution in [-0.2, 0) is 37.0 Å². The highest BCUT2D eigenvalue weighted by molar-refractivity contribution is 8.04. The summed E-state index contributed by atoms with van der Waals surface area (Å²) < 4.78 is 16.8. The van der Waals surface area contributed by atoms with E-state index in [1.54, 1.807) is 32.9 Å². The Balaban J connectivity index is 1.49. The number of benzene rings is 1. The molecule has 0 radical (unpaired) electrons. The molecule has 2 fully saturated rings. The van der Waals surface area contributed by atoms with Gasteiger partial charge in [-0.3, -0.25) is 25.1 Å². The molecule has 0 saturated carbocycles. The third-order valence-corrected chi connectivity index (χ3v) is 10.1. The van der Waals surface area contributed by atoms with Gasteiger partial charge >= 0.3 is 12.1 Å². The number of non-ortho nitro benzene ring substituents is 1. The number of amides is 2. The Morgan fingerprint density at radius 1 is 1.28 bits per heavy atom. The molecule has 4 heterocycles. The second-order valence-electron chi connectivity index (χ2n) is 13.0. The molecule has 0 unspecified atom stereocenters. The minimum atomic E-state index is -1.03. The zero-order valence-electron chi connectivity index (χ0n) is 26.7. The van der Waals surface area contributed by atoms with Crippen LogP contribution in [0.1, 0.15) is 52.4 Å². The second kappa shape index (κ2) is 13.1. The van der Waals surface area contributed by atoms with E-state index in [4.69, 9.17) is 13.9 Å². The minimum absolute atomic E-state index is 0.0221. The van der Waals surface area contributed by atoms with Crippen LogP contribution in [0.25, 0.3) is 0 Å². The average Bonchev–Trinajstić information content (AvgIpc) is 3.71. The van der Waals surface area contributed by atoms with Gasteiger partial charge in [0.2, 0.25) is 5.91 Å². The molecule has 14 nitrogen and oxygen atoms in total. The molecular formula is C32H38N4O10S. The zero-order chi connectivity index (χ0) is 34.3. The highest BCUT2D eigenvalue weighted by Crippen LogP contribution is 2.54. The van der Waals surface area contributed by atoms with E-state index in [1.807, 2.05) is 6.92 Å². The third kappa shape index (κ3) is 6.92. The van der Waals surface area contributed by atoms with Gasteiger partial charge in [-0.2, -0.15) is 0 Å². The van der Waals surface area contributed by atoms with Gasteiger partial charge in [-0.15, -0.1) is 11.8 Å². The van der Waals surface area contributed by atoms with Gasteiger partial charge in [-0.1, -0.05) is 6.92 Å². The van der Waals surface area contributed by atoms with E-state index in [9.17, 15) is 34.4 Å². The Morgan fingerprint density at radius 2 is 1.98 bits per heavy atom. The molecule has 47 heavy (non-hydrogen) atoms. The molecule has 0 aliphatic carbocycles. The van der Waals surface area contributed by atoms with Crippen LogP contribution in [0.5, 0.6) is 0 Å². The number of carbonyl (C=O) groups is 4. The van der Waals surface area contributed by atoms with Crippen LogP contribution in [0.4, 0.5) is 10.5 Å². The summed E-state index contributed by atoms with van der Waals surface area (Å²) in [6.07, 6.45) is 0.738. The summed E-state index contributed by atoms with van der Waals surface area (Å²) in [6.45, 7) is 8.63. The van der Waals surface area contributed by atoms with Crippen molar-refractivity contribution in [2.45, 2.75) is 82.9 Å². The number of β-lactam (4-membered cyclic amide) rings is 1. The van der Waals surface area contributed by atoms with Gasteiger partial charge in [0.15, 0.2) is 0 Å². The number of hydrogen-bond donors (Lipinski definition) is 2. The lowest BCUT2D eigenvalue weighted by atomic mass is 9.79. The van der Waals surface area contributed by atoms with Crippen LogP contribution in [0.2, 0.25) is 0 Å². The lowest BCUT2D eigenvalue weighted by Gasteiger charge is -2.46. The van der Waals surface area contributed by atoms with Gasteiger partial charge in [-0.25, -0.2) is 9.59 Å². The molecule has 6 atom stereocenters. The van der Waals surface area contributed by atoms with E-state index < -0.39 is 63.4 Å². The van der Waals surface area contributed by atoms with Gasteiger partial charge in [0.1, 0.15) is 30.0 Å².